The second-order valence-electron chi connectivity index (χ2n) is 7.86. The molecule has 5 rings (SSSR count). The highest BCUT2D eigenvalue weighted by atomic mass is 35.5. The van der Waals surface area contributed by atoms with Gasteiger partial charge in [0, 0.05) is 23.0 Å². The summed E-state index contributed by atoms with van der Waals surface area (Å²) in [5.41, 5.74) is 4.36. The number of nitrogens with zero attached hydrogens (tertiary/aromatic N) is 1. The number of rotatable bonds is 4. The summed E-state index contributed by atoms with van der Waals surface area (Å²) < 4.78 is 5.32. The molecule has 0 bridgehead atoms. The van der Waals surface area contributed by atoms with E-state index >= 15 is 0 Å². The highest BCUT2D eigenvalue weighted by molar-refractivity contribution is 6.30. The van der Waals surface area contributed by atoms with Gasteiger partial charge in [-0.25, -0.2) is 0 Å². The lowest BCUT2D eigenvalue weighted by molar-refractivity contribution is -0.119. The lowest BCUT2D eigenvalue weighted by Crippen LogP contribution is -2.36. The second kappa shape index (κ2) is 8.09. The van der Waals surface area contributed by atoms with Gasteiger partial charge in [-0.2, -0.15) is 0 Å². The number of ether oxygens (including phenoxy) is 1. The summed E-state index contributed by atoms with van der Waals surface area (Å²) in [5, 5.41) is 3.06. The molecule has 4 aromatic carbocycles. The van der Waals surface area contributed by atoms with Crippen molar-refractivity contribution in [2.24, 2.45) is 0 Å². The predicted octanol–water partition coefficient (Wildman–Crippen LogP) is 6.57. The molecule has 4 aromatic rings. The SMILES string of the molecule is COc1ccc(C2CC(=O)N(Cc3ccc(Cl)cc3)c3ccc4ccccc4c32)cc1. The summed E-state index contributed by atoms with van der Waals surface area (Å²) in [6.45, 7) is 0.524. The Hall–Kier alpha value is -3.30. The molecule has 0 spiro atoms. The van der Waals surface area contributed by atoms with Crippen molar-refractivity contribution < 1.29 is 9.53 Å². The Morgan fingerprint density at radius 2 is 1.68 bits per heavy atom. The van der Waals surface area contributed by atoms with E-state index < -0.39 is 0 Å². The largest absolute Gasteiger partial charge is 0.497 e. The first kappa shape index (κ1) is 19.7. The molecule has 0 fully saturated rings. The summed E-state index contributed by atoms with van der Waals surface area (Å²) in [6.07, 6.45) is 0.431. The number of hydrogen-bond donors (Lipinski definition) is 0. The zero-order valence-electron chi connectivity index (χ0n) is 17.2. The lowest BCUT2D eigenvalue weighted by Gasteiger charge is -2.35. The maximum Gasteiger partial charge on any atom is 0.228 e. The number of anilines is 1. The van der Waals surface area contributed by atoms with Crippen LogP contribution in [0.5, 0.6) is 5.75 Å². The van der Waals surface area contributed by atoms with Gasteiger partial charge in [0.05, 0.1) is 13.7 Å². The minimum absolute atomic E-state index is 0.000902. The highest BCUT2D eigenvalue weighted by Gasteiger charge is 2.33. The molecule has 0 radical (unpaired) electrons. The topological polar surface area (TPSA) is 29.5 Å². The van der Waals surface area contributed by atoms with Crippen molar-refractivity contribution in [2.45, 2.75) is 18.9 Å². The van der Waals surface area contributed by atoms with E-state index in [1.807, 2.05) is 41.3 Å². The van der Waals surface area contributed by atoms with Crippen LogP contribution in [0.1, 0.15) is 29.0 Å². The van der Waals surface area contributed by atoms with Crippen molar-refractivity contribution in [1.29, 1.82) is 0 Å². The summed E-state index contributed by atoms with van der Waals surface area (Å²) in [4.78, 5) is 15.3. The predicted molar refractivity (Wildman–Crippen MR) is 126 cm³/mol. The molecule has 1 atom stereocenters. The number of benzene rings is 4. The van der Waals surface area contributed by atoms with Crippen LogP contribution in [0.25, 0.3) is 10.8 Å². The molecule has 1 aliphatic heterocycles. The Kier molecular flexibility index (Phi) is 5.13. The first-order valence-corrected chi connectivity index (χ1v) is 10.7. The first-order chi connectivity index (χ1) is 15.1. The third kappa shape index (κ3) is 3.66. The Labute approximate surface area is 186 Å². The summed E-state index contributed by atoms with van der Waals surface area (Å²) >= 11 is 6.05. The molecular formula is C27H22ClNO2. The summed E-state index contributed by atoms with van der Waals surface area (Å²) in [7, 11) is 1.66. The van der Waals surface area contributed by atoms with E-state index in [2.05, 4.69) is 48.5 Å². The van der Waals surface area contributed by atoms with E-state index in [9.17, 15) is 4.79 Å². The zero-order valence-corrected chi connectivity index (χ0v) is 18.0. The zero-order chi connectivity index (χ0) is 21.4. The van der Waals surface area contributed by atoms with Crippen LogP contribution in [0.15, 0.2) is 84.9 Å². The molecule has 1 heterocycles. The third-order valence-corrected chi connectivity index (χ3v) is 6.29. The molecule has 1 unspecified atom stereocenters. The second-order valence-corrected chi connectivity index (χ2v) is 8.29. The van der Waals surface area contributed by atoms with Gasteiger partial charge in [-0.1, -0.05) is 66.2 Å². The minimum atomic E-state index is 0.000902. The number of amides is 1. The van der Waals surface area contributed by atoms with Gasteiger partial charge >= 0.3 is 0 Å². The van der Waals surface area contributed by atoms with Crippen molar-refractivity contribution >= 4 is 34.0 Å². The van der Waals surface area contributed by atoms with Crippen molar-refractivity contribution in [3.8, 4) is 5.75 Å². The van der Waals surface area contributed by atoms with Crippen molar-refractivity contribution in [3.05, 3.63) is 107 Å². The normalized spacial score (nSPS) is 15.7. The van der Waals surface area contributed by atoms with Crippen LogP contribution in [0.4, 0.5) is 5.69 Å². The molecule has 31 heavy (non-hydrogen) atoms. The average Bonchev–Trinajstić information content (AvgIpc) is 2.81. The smallest absolute Gasteiger partial charge is 0.228 e. The molecular weight excluding hydrogens is 406 g/mol. The van der Waals surface area contributed by atoms with E-state index in [1.54, 1.807) is 7.11 Å². The van der Waals surface area contributed by atoms with Crippen LogP contribution in [0.3, 0.4) is 0 Å². The van der Waals surface area contributed by atoms with Crippen molar-refractivity contribution in [1.82, 2.24) is 0 Å². The molecule has 0 aromatic heterocycles. The van der Waals surface area contributed by atoms with Gasteiger partial charge in [0.25, 0.3) is 0 Å². The van der Waals surface area contributed by atoms with Crippen molar-refractivity contribution in [3.63, 3.8) is 0 Å². The number of carbonyl (C=O) groups is 1. The van der Waals surface area contributed by atoms with Gasteiger partial charge in [0.1, 0.15) is 5.75 Å². The number of fused-ring (bicyclic) bond motifs is 3. The van der Waals surface area contributed by atoms with Crippen LogP contribution < -0.4 is 9.64 Å². The fraction of sp³-hybridized carbons (Fsp3) is 0.148. The lowest BCUT2D eigenvalue weighted by atomic mass is 9.81. The molecule has 1 amide bonds. The maximum absolute atomic E-state index is 13.3. The summed E-state index contributed by atoms with van der Waals surface area (Å²) in [6, 6.07) is 28.3. The molecule has 0 N–H and O–H groups in total. The Bertz CT molecular complexity index is 1250. The molecule has 1 aliphatic rings. The molecule has 0 saturated heterocycles. The molecule has 0 aliphatic carbocycles. The number of halogens is 1. The van der Waals surface area contributed by atoms with E-state index in [-0.39, 0.29) is 11.8 Å². The highest BCUT2D eigenvalue weighted by Crippen LogP contribution is 2.44. The Morgan fingerprint density at radius 1 is 0.935 bits per heavy atom. The van der Waals surface area contributed by atoms with Crippen LogP contribution >= 0.6 is 11.6 Å². The quantitative estimate of drug-likeness (QED) is 0.368. The minimum Gasteiger partial charge on any atom is -0.497 e. The third-order valence-electron chi connectivity index (χ3n) is 6.04. The van der Waals surface area contributed by atoms with Gasteiger partial charge < -0.3 is 9.64 Å². The Morgan fingerprint density at radius 3 is 2.42 bits per heavy atom. The van der Waals surface area contributed by atoms with Gasteiger partial charge in [-0.05, 0) is 57.8 Å². The molecule has 4 heteroatoms. The average molecular weight is 428 g/mol. The number of hydrogen-bond acceptors (Lipinski definition) is 2. The van der Waals surface area contributed by atoms with Crippen LogP contribution in [-0.4, -0.2) is 13.0 Å². The maximum atomic E-state index is 13.3. The monoisotopic (exact) mass is 427 g/mol. The molecule has 0 saturated carbocycles. The molecule has 154 valence electrons. The van der Waals surface area contributed by atoms with Gasteiger partial charge in [-0.15, -0.1) is 0 Å². The fourth-order valence-electron chi connectivity index (χ4n) is 4.47. The van der Waals surface area contributed by atoms with Crippen LogP contribution in [0, 0.1) is 0 Å². The fourth-order valence-corrected chi connectivity index (χ4v) is 4.60. The Balaban J connectivity index is 1.64. The van der Waals surface area contributed by atoms with Gasteiger partial charge in [-0.3, -0.25) is 4.79 Å². The van der Waals surface area contributed by atoms with Crippen LogP contribution in [-0.2, 0) is 11.3 Å². The van der Waals surface area contributed by atoms with Gasteiger partial charge in [0.2, 0.25) is 5.91 Å². The van der Waals surface area contributed by atoms with E-state index in [1.165, 1.54) is 16.3 Å². The van der Waals surface area contributed by atoms with E-state index in [0.29, 0.717) is 18.0 Å². The van der Waals surface area contributed by atoms with Gasteiger partial charge in [0.15, 0.2) is 0 Å². The number of methoxy groups -OCH3 is 1. The summed E-state index contributed by atoms with van der Waals surface area (Å²) in [5.74, 6) is 0.938. The van der Waals surface area contributed by atoms with Crippen LogP contribution in [0.2, 0.25) is 5.02 Å². The van der Waals surface area contributed by atoms with E-state index in [4.69, 9.17) is 16.3 Å². The van der Waals surface area contributed by atoms with Crippen molar-refractivity contribution in [2.75, 3.05) is 12.0 Å². The van der Waals surface area contributed by atoms with E-state index in [0.717, 1.165) is 22.6 Å². The molecule has 3 nitrogen and oxygen atoms in total. The first-order valence-electron chi connectivity index (χ1n) is 10.3. The standard InChI is InChI=1S/C27H22ClNO2/c1-31-22-13-8-20(9-14-22)24-16-26(30)29(17-18-6-11-21(28)12-7-18)25-15-10-19-4-2-3-5-23(19)27(24)25/h2-15,24H,16-17H2,1H3. The number of carbonyl (C=O) groups excluding carboxylic acids is 1.